The maximum absolute atomic E-state index is 8.73. The van der Waals surface area contributed by atoms with Crippen molar-refractivity contribution in [1.29, 1.82) is 10.5 Å². The summed E-state index contributed by atoms with van der Waals surface area (Å²) < 4.78 is 5.88. The summed E-state index contributed by atoms with van der Waals surface area (Å²) in [5.74, 6) is 1.38. The standard InChI is InChI=1S/C17H13N3O/c1-13-6-2-4-8-16(13)21-17-9-5-3-7-15(17)20-12-14(10-18)11-19/h2-9,12,20H,1H3. The molecule has 0 bridgehead atoms. The van der Waals surface area contributed by atoms with E-state index in [9.17, 15) is 0 Å². The average molecular weight is 275 g/mol. The Morgan fingerprint density at radius 1 is 1.00 bits per heavy atom. The molecule has 0 aliphatic rings. The van der Waals surface area contributed by atoms with Gasteiger partial charge in [0.05, 0.1) is 5.69 Å². The summed E-state index contributed by atoms with van der Waals surface area (Å²) in [6, 6.07) is 18.6. The summed E-state index contributed by atoms with van der Waals surface area (Å²) >= 11 is 0. The van der Waals surface area contributed by atoms with E-state index in [-0.39, 0.29) is 5.57 Å². The number of para-hydroxylation sites is 3. The first-order valence-electron chi connectivity index (χ1n) is 6.34. The monoisotopic (exact) mass is 275 g/mol. The first kappa shape index (κ1) is 14.2. The van der Waals surface area contributed by atoms with Crippen LogP contribution in [0.15, 0.2) is 60.3 Å². The Hall–Kier alpha value is -3.24. The average Bonchev–Trinajstić information content (AvgIpc) is 2.52. The smallest absolute Gasteiger partial charge is 0.150 e. The van der Waals surface area contributed by atoms with Crippen LogP contribution < -0.4 is 10.1 Å². The fraction of sp³-hybridized carbons (Fsp3) is 0.0588. The zero-order valence-corrected chi connectivity index (χ0v) is 11.5. The van der Waals surface area contributed by atoms with Crippen LogP contribution in [0.1, 0.15) is 5.56 Å². The molecule has 21 heavy (non-hydrogen) atoms. The number of benzene rings is 2. The van der Waals surface area contributed by atoms with Crippen LogP contribution in [0, 0.1) is 29.6 Å². The SMILES string of the molecule is Cc1ccccc1Oc1ccccc1NC=C(C#N)C#N. The van der Waals surface area contributed by atoms with E-state index in [1.54, 1.807) is 12.1 Å². The lowest BCUT2D eigenvalue weighted by Crippen LogP contribution is -1.94. The van der Waals surface area contributed by atoms with Gasteiger partial charge in [-0.1, -0.05) is 30.3 Å². The van der Waals surface area contributed by atoms with E-state index >= 15 is 0 Å². The Bertz CT molecular complexity index is 735. The van der Waals surface area contributed by atoms with Gasteiger partial charge < -0.3 is 10.1 Å². The molecule has 0 atom stereocenters. The summed E-state index contributed by atoms with van der Waals surface area (Å²) in [7, 11) is 0. The summed E-state index contributed by atoms with van der Waals surface area (Å²) in [5.41, 5.74) is 1.71. The van der Waals surface area contributed by atoms with Crippen molar-refractivity contribution in [2.45, 2.75) is 6.92 Å². The minimum atomic E-state index is 0.000643. The highest BCUT2D eigenvalue weighted by atomic mass is 16.5. The van der Waals surface area contributed by atoms with Gasteiger partial charge >= 0.3 is 0 Å². The molecule has 0 aliphatic carbocycles. The van der Waals surface area contributed by atoms with Gasteiger partial charge in [0.25, 0.3) is 0 Å². The molecule has 0 aromatic heterocycles. The van der Waals surface area contributed by atoms with Gasteiger partial charge in [-0.05, 0) is 30.7 Å². The Morgan fingerprint density at radius 2 is 1.62 bits per heavy atom. The first-order chi connectivity index (χ1) is 10.2. The number of allylic oxidation sites excluding steroid dienone is 1. The number of hydrogen-bond donors (Lipinski definition) is 1. The van der Waals surface area contributed by atoms with Gasteiger partial charge in [-0.15, -0.1) is 0 Å². The molecule has 0 spiro atoms. The van der Waals surface area contributed by atoms with Crippen molar-refractivity contribution in [2.24, 2.45) is 0 Å². The Labute approximate surface area is 123 Å². The quantitative estimate of drug-likeness (QED) is 0.852. The van der Waals surface area contributed by atoms with Gasteiger partial charge in [0.15, 0.2) is 5.75 Å². The van der Waals surface area contributed by atoms with Crippen LogP contribution in [0.4, 0.5) is 5.69 Å². The van der Waals surface area contributed by atoms with Gasteiger partial charge in [0.1, 0.15) is 23.5 Å². The molecule has 2 rings (SSSR count). The molecule has 0 aliphatic heterocycles. The highest BCUT2D eigenvalue weighted by Crippen LogP contribution is 2.30. The number of aryl methyl sites for hydroxylation is 1. The highest BCUT2D eigenvalue weighted by Gasteiger charge is 2.05. The van der Waals surface area contributed by atoms with Crippen molar-refractivity contribution >= 4 is 5.69 Å². The van der Waals surface area contributed by atoms with Gasteiger partial charge in [-0.2, -0.15) is 10.5 Å². The van der Waals surface area contributed by atoms with Crippen LogP contribution in [-0.4, -0.2) is 0 Å². The van der Waals surface area contributed by atoms with Crippen molar-refractivity contribution in [3.05, 3.63) is 65.9 Å². The van der Waals surface area contributed by atoms with Crippen molar-refractivity contribution < 1.29 is 4.74 Å². The van der Waals surface area contributed by atoms with Crippen molar-refractivity contribution in [3.63, 3.8) is 0 Å². The van der Waals surface area contributed by atoms with Crippen LogP contribution >= 0.6 is 0 Å². The van der Waals surface area contributed by atoms with Crippen LogP contribution in [0.2, 0.25) is 0 Å². The van der Waals surface area contributed by atoms with Gasteiger partial charge in [0, 0.05) is 6.20 Å². The molecule has 0 fully saturated rings. The number of anilines is 1. The minimum Gasteiger partial charge on any atom is -0.455 e. The summed E-state index contributed by atoms with van der Waals surface area (Å²) in [6.45, 7) is 1.97. The second kappa shape index (κ2) is 6.79. The summed E-state index contributed by atoms with van der Waals surface area (Å²) in [6.07, 6.45) is 1.36. The molecule has 0 heterocycles. The summed E-state index contributed by atoms with van der Waals surface area (Å²) in [5, 5.41) is 20.4. The molecular weight excluding hydrogens is 262 g/mol. The number of rotatable bonds is 4. The highest BCUT2D eigenvalue weighted by molar-refractivity contribution is 5.60. The number of nitrogens with zero attached hydrogens (tertiary/aromatic N) is 2. The molecule has 0 radical (unpaired) electrons. The van der Waals surface area contributed by atoms with E-state index < -0.39 is 0 Å². The predicted molar refractivity (Wildman–Crippen MR) is 80.6 cm³/mol. The van der Waals surface area contributed by atoms with Crippen LogP contribution in [0.25, 0.3) is 0 Å². The number of nitriles is 2. The molecule has 2 aromatic carbocycles. The fourth-order valence-corrected chi connectivity index (χ4v) is 1.70. The van der Waals surface area contributed by atoms with Gasteiger partial charge in [0.2, 0.25) is 0 Å². The van der Waals surface area contributed by atoms with Crippen LogP contribution in [-0.2, 0) is 0 Å². The lowest BCUT2D eigenvalue weighted by atomic mass is 10.2. The zero-order valence-electron chi connectivity index (χ0n) is 11.5. The third-order valence-electron chi connectivity index (χ3n) is 2.81. The molecule has 102 valence electrons. The van der Waals surface area contributed by atoms with Crippen LogP contribution in [0.5, 0.6) is 11.5 Å². The topological polar surface area (TPSA) is 68.8 Å². The van der Waals surface area contributed by atoms with E-state index in [2.05, 4.69) is 5.32 Å². The van der Waals surface area contributed by atoms with Crippen molar-refractivity contribution in [1.82, 2.24) is 0 Å². The third kappa shape index (κ3) is 3.62. The Balaban J connectivity index is 2.26. The molecule has 0 saturated carbocycles. The predicted octanol–water partition coefficient (Wildman–Crippen LogP) is 4.13. The molecular formula is C17H13N3O. The molecule has 4 heteroatoms. The van der Waals surface area contributed by atoms with Crippen LogP contribution in [0.3, 0.4) is 0 Å². The van der Waals surface area contributed by atoms with Crippen molar-refractivity contribution in [2.75, 3.05) is 5.32 Å². The molecule has 0 amide bonds. The maximum Gasteiger partial charge on any atom is 0.150 e. The van der Waals surface area contributed by atoms with E-state index in [1.165, 1.54) is 6.20 Å². The second-order valence-corrected chi connectivity index (χ2v) is 4.29. The summed E-state index contributed by atoms with van der Waals surface area (Å²) in [4.78, 5) is 0. The fourth-order valence-electron chi connectivity index (χ4n) is 1.70. The number of nitrogens with one attached hydrogen (secondary N) is 1. The molecule has 2 aromatic rings. The Morgan fingerprint density at radius 3 is 2.29 bits per heavy atom. The molecule has 1 N–H and O–H groups in total. The van der Waals surface area contributed by atoms with E-state index in [0.29, 0.717) is 11.4 Å². The molecule has 4 nitrogen and oxygen atoms in total. The zero-order chi connectivity index (χ0) is 15.1. The lowest BCUT2D eigenvalue weighted by molar-refractivity contribution is 0.481. The number of ether oxygens (including phenoxy) is 1. The van der Waals surface area contributed by atoms with E-state index in [0.717, 1.165) is 11.3 Å². The van der Waals surface area contributed by atoms with Crippen molar-refractivity contribution in [3.8, 4) is 23.6 Å². The lowest BCUT2D eigenvalue weighted by Gasteiger charge is -2.12. The maximum atomic E-state index is 8.73. The Kier molecular flexibility index (Phi) is 4.58. The van der Waals surface area contributed by atoms with E-state index in [1.807, 2.05) is 55.5 Å². The second-order valence-electron chi connectivity index (χ2n) is 4.29. The largest absolute Gasteiger partial charge is 0.455 e. The van der Waals surface area contributed by atoms with Gasteiger partial charge in [-0.3, -0.25) is 0 Å². The molecule has 0 unspecified atom stereocenters. The molecule has 0 saturated heterocycles. The van der Waals surface area contributed by atoms with Gasteiger partial charge in [-0.25, -0.2) is 0 Å². The minimum absolute atomic E-state index is 0.000643. The third-order valence-corrected chi connectivity index (χ3v) is 2.81. The normalized spacial score (nSPS) is 9.10. The van der Waals surface area contributed by atoms with E-state index in [4.69, 9.17) is 15.3 Å². The number of hydrogen-bond acceptors (Lipinski definition) is 4. The first-order valence-corrected chi connectivity index (χ1v) is 6.34.